The van der Waals surface area contributed by atoms with Crippen molar-refractivity contribution in [2.45, 2.75) is 25.3 Å². The zero-order valence-corrected chi connectivity index (χ0v) is 11.5. The van der Waals surface area contributed by atoms with Crippen molar-refractivity contribution in [3.8, 4) is 5.75 Å². The molecule has 0 aromatic heterocycles. The number of benzene rings is 1. The highest BCUT2D eigenvalue weighted by atomic mass is 35.5. The Balaban J connectivity index is 2.58. The van der Waals surface area contributed by atoms with E-state index in [1.54, 1.807) is 19.2 Å². The van der Waals surface area contributed by atoms with Crippen LogP contribution in [0.5, 0.6) is 5.75 Å². The van der Waals surface area contributed by atoms with Gasteiger partial charge in [0.25, 0.3) is 0 Å². The van der Waals surface area contributed by atoms with E-state index in [2.05, 4.69) is 5.32 Å². The van der Waals surface area contributed by atoms with Gasteiger partial charge in [-0.3, -0.25) is 4.79 Å². The largest absolute Gasteiger partial charge is 0.495 e. The molecule has 0 saturated heterocycles. The third-order valence-corrected chi connectivity index (χ3v) is 2.55. The predicted molar refractivity (Wildman–Crippen MR) is 72.4 cm³/mol. The normalized spacial score (nSPS) is 12.3. The van der Waals surface area contributed by atoms with Crippen LogP contribution in [0.4, 0.5) is 5.69 Å². The van der Waals surface area contributed by atoms with Crippen LogP contribution in [-0.2, 0) is 9.53 Å². The van der Waals surface area contributed by atoms with Crippen molar-refractivity contribution < 1.29 is 14.3 Å². The number of alkyl halides is 1. The zero-order chi connectivity index (χ0) is 13.5. The van der Waals surface area contributed by atoms with Crippen molar-refractivity contribution in [3.63, 3.8) is 0 Å². The van der Waals surface area contributed by atoms with Gasteiger partial charge in [-0.15, -0.1) is 11.6 Å². The van der Waals surface area contributed by atoms with Gasteiger partial charge in [0.15, 0.2) is 0 Å². The zero-order valence-electron chi connectivity index (χ0n) is 10.8. The van der Waals surface area contributed by atoms with Gasteiger partial charge in [-0.05, 0) is 26.0 Å². The maximum Gasteiger partial charge on any atom is 0.244 e. The SMILES string of the molecule is COc1ccccc1NC(=O)C(Cl)COC(C)C. The van der Waals surface area contributed by atoms with Gasteiger partial charge in [0.2, 0.25) is 5.91 Å². The molecule has 100 valence electrons. The number of amides is 1. The van der Waals surface area contributed by atoms with Gasteiger partial charge in [0.05, 0.1) is 25.5 Å². The molecular weight excluding hydrogens is 254 g/mol. The summed E-state index contributed by atoms with van der Waals surface area (Å²) >= 11 is 5.94. The van der Waals surface area contributed by atoms with Crippen LogP contribution >= 0.6 is 11.6 Å². The van der Waals surface area contributed by atoms with Crippen LogP contribution in [0.1, 0.15) is 13.8 Å². The number of hydrogen-bond acceptors (Lipinski definition) is 3. The second-order valence-electron chi connectivity index (χ2n) is 4.04. The Morgan fingerprint density at radius 3 is 2.67 bits per heavy atom. The molecule has 1 unspecified atom stereocenters. The Morgan fingerprint density at radius 2 is 2.06 bits per heavy atom. The van der Waals surface area contributed by atoms with Crippen molar-refractivity contribution in [2.24, 2.45) is 0 Å². The van der Waals surface area contributed by atoms with Crippen LogP contribution in [0.15, 0.2) is 24.3 Å². The molecule has 1 aromatic carbocycles. The van der Waals surface area contributed by atoms with Crippen LogP contribution in [0.3, 0.4) is 0 Å². The third-order valence-electron chi connectivity index (χ3n) is 2.23. The van der Waals surface area contributed by atoms with E-state index in [4.69, 9.17) is 21.1 Å². The van der Waals surface area contributed by atoms with Gasteiger partial charge in [0.1, 0.15) is 11.1 Å². The third kappa shape index (κ3) is 4.55. The van der Waals surface area contributed by atoms with E-state index in [0.29, 0.717) is 11.4 Å². The fourth-order valence-corrected chi connectivity index (χ4v) is 1.44. The number of anilines is 1. The molecule has 0 aliphatic heterocycles. The molecule has 4 nitrogen and oxygen atoms in total. The average molecular weight is 272 g/mol. The molecule has 0 radical (unpaired) electrons. The lowest BCUT2D eigenvalue weighted by Crippen LogP contribution is -2.28. The number of ether oxygens (including phenoxy) is 2. The highest BCUT2D eigenvalue weighted by Gasteiger charge is 2.17. The lowest BCUT2D eigenvalue weighted by atomic mass is 10.3. The van der Waals surface area contributed by atoms with Crippen LogP contribution in [0.2, 0.25) is 0 Å². The number of para-hydroxylation sites is 2. The quantitative estimate of drug-likeness (QED) is 0.809. The molecule has 1 atom stereocenters. The summed E-state index contributed by atoms with van der Waals surface area (Å²) in [6, 6.07) is 7.16. The molecule has 18 heavy (non-hydrogen) atoms. The molecule has 0 saturated carbocycles. The topological polar surface area (TPSA) is 47.6 Å². The highest BCUT2D eigenvalue weighted by Crippen LogP contribution is 2.23. The second kappa shape index (κ2) is 7.24. The number of halogens is 1. The smallest absolute Gasteiger partial charge is 0.244 e. The van der Waals surface area contributed by atoms with Crippen molar-refractivity contribution in [2.75, 3.05) is 19.0 Å². The summed E-state index contributed by atoms with van der Waals surface area (Å²) in [5, 5.41) is 1.98. The highest BCUT2D eigenvalue weighted by molar-refractivity contribution is 6.32. The van der Waals surface area contributed by atoms with Gasteiger partial charge >= 0.3 is 0 Å². The lowest BCUT2D eigenvalue weighted by Gasteiger charge is -2.14. The average Bonchev–Trinajstić information content (AvgIpc) is 2.36. The van der Waals surface area contributed by atoms with Crippen LogP contribution in [0, 0.1) is 0 Å². The van der Waals surface area contributed by atoms with Gasteiger partial charge < -0.3 is 14.8 Å². The van der Waals surface area contributed by atoms with Gasteiger partial charge in [-0.1, -0.05) is 12.1 Å². The number of carbonyl (C=O) groups is 1. The van der Waals surface area contributed by atoms with Crippen LogP contribution in [0.25, 0.3) is 0 Å². The fourth-order valence-electron chi connectivity index (χ4n) is 1.31. The minimum atomic E-state index is -0.725. The molecule has 0 fully saturated rings. The summed E-state index contributed by atoms with van der Waals surface area (Å²) in [5.41, 5.74) is 0.597. The summed E-state index contributed by atoms with van der Waals surface area (Å²) in [4.78, 5) is 11.8. The first-order valence-electron chi connectivity index (χ1n) is 5.74. The number of carbonyl (C=O) groups excluding carboxylic acids is 1. The molecule has 0 spiro atoms. The van der Waals surface area contributed by atoms with Crippen molar-refractivity contribution >= 4 is 23.2 Å². The van der Waals surface area contributed by atoms with E-state index in [9.17, 15) is 4.79 Å². The second-order valence-corrected chi connectivity index (χ2v) is 4.57. The van der Waals surface area contributed by atoms with E-state index >= 15 is 0 Å². The first kappa shape index (κ1) is 14.8. The Morgan fingerprint density at radius 1 is 1.39 bits per heavy atom. The molecule has 0 aliphatic rings. The molecular formula is C13H18ClNO3. The number of nitrogens with one attached hydrogen (secondary N) is 1. The molecule has 5 heteroatoms. The van der Waals surface area contributed by atoms with Gasteiger partial charge in [-0.25, -0.2) is 0 Å². The monoisotopic (exact) mass is 271 g/mol. The van der Waals surface area contributed by atoms with E-state index in [1.807, 2.05) is 26.0 Å². The van der Waals surface area contributed by atoms with E-state index in [1.165, 1.54) is 0 Å². The maximum absolute atomic E-state index is 11.8. The number of hydrogen-bond donors (Lipinski definition) is 1. The molecule has 0 heterocycles. The standard InChI is InChI=1S/C13H18ClNO3/c1-9(2)18-8-10(14)13(16)15-11-6-4-5-7-12(11)17-3/h4-7,9-10H,8H2,1-3H3,(H,15,16). The minimum absolute atomic E-state index is 0.0466. The Kier molecular flexibility index (Phi) is 5.95. The van der Waals surface area contributed by atoms with Crippen molar-refractivity contribution in [3.05, 3.63) is 24.3 Å². The molecule has 1 N–H and O–H groups in total. The lowest BCUT2D eigenvalue weighted by molar-refractivity contribution is -0.117. The summed E-state index contributed by atoms with van der Waals surface area (Å²) in [6.45, 7) is 3.96. The first-order valence-corrected chi connectivity index (χ1v) is 6.17. The van der Waals surface area contributed by atoms with Gasteiger partial charge in [0, 0.05) is 0 Å². The van der Waals surface area contributed by atoms with E-state index < -0.39 is 5.38 Å². The summed E-state index contributed by atoms with van der Waals surface area (Å²) in [5.74, 6) is 0.293. The molecule has 0 bridgehead atoms. The fraction of sp³-hybridized carbons (Fsp3) is 0.462. The van der Waals surface area contributed by atoms with Gasteiger partial charge in [-0.2, -0.15) is 0 Å². The van der Waals surface area contributed by atoms with Crippen LogP contribution < -0.4 is 10.1 Å². The Bertz CT molecular complexity index is 396. The van der Waals surface area contributed by atoms with Crippen molar-refractivity contribution in [1.82, 2.24) is 0 Å². The maximum atomic E-state index is 11.8. The number of methoxy groups -OCH3 is 1. The molecule has 1 amide bonds. The van der Waals surface area contributed by atoms with Crippen molar-refractivity contribution in [1.29, 1.82) is 0 Å². The first-order chi connectivity index (χ1) is 8.54. The summed E-state index contributed by atoms with van der Waals surface area (Å²) in [6.07, 6.45) is 0.0466. The minimum Gasteiger partial charge on any atom is -0.495 e. The Hall–Kier alpha value is -1.26. The van der Waals surface area contributed by atoms with Crippen LogP contribution in [-0.4, -0.2) is 31.1 Å². The van der Waals surface area contributed by atoms with E-state index in [0.717, 1.165) is 0 Å². The summed E-state index contributed by atoms with van der Waals surface area (Å²) in [7, 11) is 1.55. The number of rotatable bonds is 6. The Labute approximate surface area is 112 Å². The summed E-state index contributed by atoms with van der Waals surface area (Å²) < 4.78 is 10.4. The molecule has 1 aromatic rings. The molecule has 0 aliphatic carbocycles. The predicted octanol–water partition coefficient (Wildman–Crippen LogP) is 2.67. The van der Waals surface area contributed by atoms with E-state index in [-0.39, 0.29) is 18.6 Å². The molecule has 1 rings (SSSR count).